The molecule has 7 nitrogen and oxygen atoms in total. The summed E-state index contributed by atoms with van der Waals surface area (Å²) in [5, 5.41) is 13.6. The molecule has 0 unspecified atom stereocenters. The van der Waals surface area contributed by atoms with Gasteiger partial charge in [-0.25, -0.2) is 0 Å². The van der Waals surface area contributed by atoms with Crippen LogP contribution in [0.2, 0.25) is 0 Å². The summed E-state index contributed by atoms with van der Waals surface area (Å²) < 4.78 is 22.3. The number of carbonyl (C=O) groups excluding carboxylic acids is 1. The molecule has 0 aliphatic carbocycles. The Balaban J connectivity index is 1.77. The lowest BCUT2D eigenvalue weighted by Gasteiger charge is -2.23. The van der Waals surface area contributed by atoms with Crippen LogP contribution in [0.3, 0.4) is 0 Å². The second-order valence-electron chi connectivity index (χ2n) is 7.77. The van der Waals surface area contributed by atoms with Gasteiger partial charge in [-0.15, -0.1) is 0 Å². The number of amides is 1. The van der Waals surface area contributed by atoms with Crippen LogP contribution < -0.4 is 19.5 Å². The molecule has 3 rings (SSSR count). The molecule has 7 heteroatoms. The van der Waals surface area contributed by atoms with Crippen LogP contribution in [0.25, 0.3) is 0 Å². The number of ether oxygens (including phenoxy) is 3. The fourth-order valence-electron chi connectivity index (χ4n) is 3.50. The molecule has 3 aromatic rings. The minimum absolute atomic E-state index is 0.00252. The van der Waals surface area contributed by atoms with Gasteiger partial charge in [0, 0.05) is 11.1 Å². The Labute approximate surface area is 187 Å². The molecule has 1 amide bonds. The van der Waals surface area contributed by atoms with Gasteiger partial charge in [0.25, 0.3) is 5.91 Å². The van der Waals surface area contributed by atoms with Gasteiger partial charge in [0.15, 0.2) is 11.5 Å². The molecule has 0 saturated heterocycles. The third kappa shape index (κ3) is 5.23. The van der Waals surface area contributed by atoms with Crippen LogP contribution in [-0.2, 0) is 12.2 Å². The maximum absolute atomic E-state index is 12.8. The van der Waals surface area contributed by atoms with E-state index >= 15 is 0 Å². The van der Waals surface area contributed by atoms with Gasteiger partial charge in [-0.3, -0.25) is 4.79 Å². The van der Waals surface area contributed by atoms with E-state index in [0.717, 1.165) is 5.56 Å². The monoisotopic (exact) mass is 439 g/mol. The number of furan rings is 1. The SMILES string of the molecule is COc1cc(C(=O)NC[C@](C)(O)c2cc(C)oc2C)cc(OC)c1OCc1ccccc1. The van der Waals surface area contributed by atoms with E-state index in [2.05, 4.69) is 5.32 Å². The summed E-state index contributed by atoms with van der Waals surface area (Å²) in [6.45, 7) is 5.55. The van der Waals surface area contributed by atoms with Gasteiger partial charge in [0.05, 0.1) is 20.8 Å². The van der Waals surface area contributed by atoms with E-state index in [1.54, 1.807) is 32.0 Å². The number of hydrogen-bond acceptors (Lipinski definition) is 6. The lowest BCUT2D eigenvalue weighted by atomic mass is 9.96. The van der Waals surface area contributed by atoms with Crippen LogP contribution in [0, 0.1) is 13.8 Å². The average molecular weight is 440 g/mol. The summed E-state index contributed by atoms with van der Waals surface area (Å²) >= 11 is 0. The fraction of sp³-hybridized carbons (Fsp3) is 0.320. The molecule has 0 spiro atoms. The van der Waals surface area contributed by atoms with Crippen molar-refractivity contribution in [3.63, 3.8) is 0 Å². The molecule has 0 aliphatic rings. The first-order chi connectivity index (χ1) is 15.2. The molecule has 0 aliphatic heterocycles. The van der Waals surface area contributed by atoms with Crippen molar-refractivity contribution in [2.24, 2.45) is 0 Å². The van der Waals surface area contributed by atoms with E-state index < -0.39 is 5.60 Å². The average Bonchev–Trinajstić information content (AvgIpc) is 3.14. The highest BCUT2D eigenvalue weighted by Crippen LogP contribution is 2.39. The van der Waals surface area contributed by atoms with Crippen molar-refractivity contribution in [1.82, 2.24) is 5.32 Å². The van der Waals surface area contributed by atoms with Crippen LogP contribution in [0.4, 0.5) is 0 Å². The Kier molecular flexibility index (Phi) is 7.10. The van der Waals surface area contributed by atoms with E-state index in [0.29, 0.717) is 46.5 Å². The second-order valence-corrected chi connectivity index (χ2v) is 7.77. The summed E-state index contributed by atoms with van der Waals surface area (Å²) in [5.74, 6) is 2.09. The zero-order valence-electron chi connectivity index (χ0n) is 19.0. The third-order valence-corrected chi connectivity index (χ3v) is 5.16. The summed E-state index contributed by atoms with van der Waals surface area (Å²) in [5.41, 5.74) is 0.659. The van der Waals surface area contributed by atoms with Crippen molar-refractivity contribution in [3.8, 4) is 17.2 Å². The van der Waals surface area contributed by atoms with Gasteiger partial charge < -0.3 is 29.1 Å². The maximum Gasteiger partial charge on any atom is 0.251 e. The van der Waals surface area contributed by atoms with Crippen molar-refractivity contribution in [1.29, 1.82) is 0 Å². The number of rotatable bonds is 9. The zero-order chi connectivity index (χ0) is 23.3. The molecule has 2 aromatic carbocycles. The number of aryl methyl sites for hydroxylation is 2. The third-order valence-electron chi connectivity index (χ3n) is 5.16. The number of benzene rings is 2. The number of methoxy groups -OCH3 is 2. The largest absolute Gasteiger partial charge is 0.493 e. The van der Waals surface area contributed by atoms with Crippen LogP contribution >= 0.6 is 0 Å². The first-order valence-corrected chi connectivity index (χ1v) is 10.3. The Morgan fingerprint density at radius 2 is 1.69 bits per heavy atom. The number of aliphatic hydroxyl groups is 1. The van der Waals surface area contributed by atoms with Crippen molar-refractivity contribution in [2.45, 2.75) is 33.0 Å². The van der Waals surface area contributed by atoms with E-state index in [1.807, 2.05) is 37.3 Å². The second kappa shape index (κ2) is 9.78. The quantitative estimate of drug-likeness (QED) is 0.521. The van der Waals surface area contributed by atoms with E-state index in [9.17, 15) is 9.90 Å². The molecular weight excluding hydrogens is 410 g/mol. The van der Waals surface area contributed by atoms with Crippen LogP contribution in [0.5, 0.6) is 17.2 Å². The molecule has 170 valence electrons. The Morgan fingerprint density at radius 3 is 2.22 bits per heavy atom. The molecule has 0 fully saturated rings. The molecule has 0 radical (unpaired) electrons. The summed E-state index contributed by atoms with van der Waals surface area (Å²) in [6, 6.07) is 14.6. The normalized spacial score (nSPS) is 12.7. The fourth-order valence-corrected chi connectivity index (χ4v) is 3.50. The summed E-state index contributed by atoms with van der Waals surface area (Å²) in [4.78, 5) is 12.8. The molecule has 1 atom stereocenters. The first kappa shape index (κ1) is 23.2. The Bertz CT molecular complexity index is 1050. The van der Waals surface area contributed by atoms with Crippen LogP contribution in [0.15, 0.2) is 52.9 Å². The van der Waals surface area contributed by atoms with Gasteiger partial charge in [-0.1, -0.05) is 30.3 Å². The topological polar surface area (TPSA) is 90.2 Å². The minimum atomic E-state index is -1.29. The van der Waals surface area contributed by atoms with Gasteiger partial charge in [0.1, 0.15) is 23.7 Å². The standard InChI is InChI=1S/C25H29NO6/c1-16-11-20(17(2)32-16)25(3,28)15-26-24(27)19-12-21(29-4)23(22(13-19)30-5)31-14-18-9-7-6-8-10-18/h6-13,28H,14-15H2,1-5H3,(H,26,27)/t25-/m0/s1. The van der Waals surface area contributed by atoms with Gasteiger partial charge >= 0.3 is 0 Å². The van der Waals surface area contributed by atoms with Crippen molar-refractivity contribution in [3.05, 3.63) is 76.7 Å². The number of nitrogens with one attached hydrogen (secondary N) is 1. The predicted molar refractivity (Wildman–Crippen MR) is 120 cm³/mol. The predicted octanol–water partition coefficient (Wildman–Crippen LogP) is 4.13. The van der Waals surface area contributed by atoms with Crippen LogP contribution in [-0.4, -0.2) is 31.8 Å². The van der Waals surface area contributed by atoms with Crippen molar-refractivity contribution < 1.29 is 28.5 Å². The first-order valence-electron chi connectivity index (χ1n) is 10.3. The summed E-state index contributed by atoms with van der Waals surface area (Å²) in [7, 11) is 3.00. The molecule has 0 saturated carbocycles. The van der Waals surface area contributed by atoms with Gasteiger partial charge in [-0.05, 0) is 44.5 Å². The van der Waals surface area contributed by atoms with Gasteiger partial charge in [-0.2, -0.15) is 0 Å². The molecule has 0 bridgehead atoms. The van der Waals surface area contributed by atoms with E-state index in [4.69, 9.17) is 18.6 Å². The Morgan fingerprint density at radius 1 is 1.06 bits per heavy atom. The highest BCUT2D eigenvalue weighted by atomic mass is 16.5. The highest BCUT2D eigenvalue weighted by Gasteiger charge is 2.29. The van der Waals surface area contributed by atoms with E-state index in [-0.39, 0.29) is 12.5 Å². The zero-order valence-corrected chi connectivity index (χ0v) is 19.0. The highest BCUT2D eigenvalue weighted by molar-refractivity contribution is 5.95. The van der Waals surface area contributed by atoms with Gasteiger partial charge in [0.2, 0.25) is 5.75 Å². The Hall–Kier alpha value is -3.45. The molecule has 32 heavy (non-hydrogen) atoms. The molecular formula is C25H29NO6. The lowest BCUT2D eigenvalue weighted by Crippen LogP contribution is -2.38. The van der Waals surface area contributed by atoms with Crippen LogP contribution in [0.1, 0.15) is 39.9 Å². The van der Waals surface area contributed by atoms with Crippen molar-refractivity contribution >= 4 is 5.91 Å². The molecule has 2 N–H and O–H groups in total. The number of hydrogen-bond donors (Lipinski definition) is 2. The molecule has 1 heterocycles. The van der Waals surface area contributed by atoms with Crippen molar-refractivity contribution in [2.75, 3.05) is 20.8 Å². The number of carbonyl (C=O) groups is 1. The lowest BCUT2D eigenvalue weighted by molar-refractivity contribution is 0.0514. The molecule has 1 aromatic heterocycles. The smallest absolute Gasteiger partial charge is 0.251 e. The maximum atomic E-state index is 12.8. The summed E-state index contributed by atoms with van der Waals surface area (Å²) in [6.07, 6.45) is 0. The van der Waals surface area contributed by atoms with E-state index in [1.165, 1.54) is 14.2 Å². The minimum Gasteiger partial charge on any atom is -0.493 e.